The van der Waals surface area contributed by atoms with Crippen molar-refractivity contribution in [1.82, 2.24) is 15.1 Å². The molecular formula is C22H23N7O3. The molecule has 0 aliphatic carbocycles. The van der Waals surface area contributed by atoms with E-state index in [4.69, 9.17) is 21.9 Å². The lowest BCUT2D eigenvalue weighted by atomic mass is 10.1. The Kier molecular flexibility index (Phi) is 6.76. The smallest absolute Gasteiger partial charge is 0.266 e. The summed E-state index contributed by atoms with van der Waals surface area (Å²) < 4.78 is 7.37. The van der Waals surface area contributed by atoms with Crippen molar-refractivity contribution in [2.75, 3.05) is 12.4 Å². The van der Waals surface area contributed by atoms with Crippen LogP contribution in [0.1, 0.15) is 0 Å². The van der Waals surface area contributed by atoms with Crippen LogP contribution in [0, 0.1) is 0 Å². The van der Waals surface area contributed by atoms with E-state index in [9.17, 15) is 9.59 Å². The molecule has 3 rings (SSSR count). The van der Waals surface area contributed by atoms with Gasteiger partial charge in [0.1, 0.15) is 11.5 Å². The summed E-state index contributed by atoms with van der Waals surface area (Å²) in [5.41, 5.74) is 19.5. The zero-order chi connectivity index (χ0) is 23.1. The fraction of sp³-hybridized carbons (Fsp3) is 0.0455. The number of allylic oxidation sites excluding steroid dienone is 1. The van der Waals surface area contributed by atoms with Crippen LogP contribution in [0.4, 0.5) is 5.69 Å². The molecule has 0 saturated carbocycles. The molecule has 0 radical (unpaired) electrons. The van der Waals surface area contributed by atoms with Gasteiger partial charge in [-0.15, -0.1) is 0 Å². The maximum absolute atomic E-state index is 11.6. The summed E-state index contributed by atoms with van der Waals surface area (Å²) in [6.07, 6.45) is 3.52. The lowest BCUT2D eigenvalue weighted by Crippen LogP contribution is -2.25. The Bertz CT molecular complexity index is 1180. The first-order valence-corrected chi connectivity index (χ1v) is 9.47. The Morgan fingerprint density at radius 3 is 2.47 bits per heavy atom. The van der Waals surface area contributed by atoms with Gasteiger partial charge in [0.2, 0.25) is 6.41 Å². The monoisotopic (exact) mass is 433 g/mol. The second kappa shape index (κ2) is 9.85. The van der Waals surface area contributed by atoms with Gasteiger partial charge in [-0.1, -0.05) is 24.3 Å². The van der Waals surface area contributed by atoms with E-state index in [-0.39, 0.29) is 17.2 Å². The van der Waals surface area contributed by atoms with Crippen molar-refractivity contribution in [3.63, 3.8) is 0 Å². The van der Waals surface area contributed by atoms with Gasteiger partial charge in [-0.2, -0.15) is 5.10 Å². The average Bonchev–Trinajstić information content (AvgIpc) is 3.29. The van der Waals surface area contributed by atoms with E-state index in [1.807, 2.05) is 48.7 Å². The molecule has 0 unspecified atom stereocenters. The number of hydrogen-bond acceptors (Lipinski definition) is 7. The zero-order valence-electron chi connectivity index (χ0n) is 17.3. The Hall–Kier alpha value is -4.73. The standard InChI is InChI=1S/C22H23N7O3/c1-32-21-15(16-10-11-29(28-16)14-6-3-2-4-7-14)8-5-9-17(21)27-18(20(24)22(25)31)12-19(23)26-13-30/h2-13,27H,23-24H2,1H3,(H2,25,31)(H,26,30)/b19-12+,20-18+. The van der Waals surface area contributed by atoms with E-state index >= 15 is 0 Å². The third kappa shape index (κ3) is 4.87. The highest BCUT2D eigenvalue weighted by Crippen LogP contribution is 2.36. The van der Waals surface area contributed by atoms with Gasteiger partial charge in [-0.25, -0.2) is 4.68 Å². The normalized spacial score (nSPS) is 12.0. The van der Waals surface area contributed by atoms with Crippen molar-refractivity contribution in [2.45, 2.75) is 0 Å². The number of para-hydroxylation sites is 2. The minimum absolute atomic E-state index is 0.0385. The molecule has 0 atom stereocenters. The number of amides is 2. The lowest BCUT2D eigenvalue weighted by molar-refractivity contribution is -0.114. The van der Waals surface area contributed by atoms with Crippen molar-refractivity contribution in [3.8, 4) is 22.7 Å². The van der Waals surface area contributed by atoms with Crippen molar-refractivity contribution < 1.29 is 14.3 Å². The van der Waals surface area contributed by atoms with Gasteiger partial charge in [0.05, 0.1) is 29.9 Å². The summed E-state index contributed by atoms with van der Waals surface area (Å²) >= 11 is 0. The Labute approximate surface area is 184 Å². The van der Waals surface area contributed by atoms with Gasteiger partial charge < -0.3 is 32.6 Å². The van der Waals surface area contributed by atoms with Crippen LogP contribution in [-0.4, -0.2) is 29.2 Å². The molecule has 0 aliphatic rings. The van der Waals surface area contributed by atoms with Crippen molar-refractivity contribution in [1.29, 1.82) is 0 Å². The highest BCUT2D eigenvalue weighted by atomic mass is 16.5. The summed E-state index contributed by atoms with van der Waals surface area (Å²) in [6, 6.07) is 16.9. The number of primary amides is 1. The van der Waals surface area contributed by atoms with Crippen LogP contribution in [0.5, 0.6) is 5.75 Å². The Morgan fingerprint density at radius 1 is 1.06 bits per heavy atom. The molecule has 2 amide bonds. The third-order valence-electron chi connectivity index (χ3n) is 4.46. The summed E-state index contributed by atoms with van der Waals surface area (Å²) in [6.45, 7) is 0. The van der Waals surface area contributed by atoms with Crippen LogP contribution < -0.4 is 32.6 Å². The van der Waals surface area contributed by atoms with Crippen LogP contribution in [0.25, 0.3) is 16.9 Å². The van der Waals surface area contributed by atoms with E-state index in [0.29, 0.717) is 29.1 Å². The van der Waals surface area contributed by atoms with Gasteiger partial charge in [0.25, 0.3) is 5.91 Å². The number of nitrogens with one attached hydrogen (secondary N) is 2. The molecule has 10 nitrogen and oxygen atoms in total. The number of ether oxygens (including phenoxy) is 1. The predicted molar refractivity (Wildman–Crippen MR) is 121 cm³/mol. The lowest BCUT2D eigenvalue weighted by Gasteiger charge is -2.16. The van der Waals surface area contributed by atoms with Gasteiger partial charge in [0.15, 0.2) is 5.75 Å². The summed E-state index contributed by atoms with van der Waals surface area (Å²) in [4.78, 5) is 22.3. The van der Waals surface area contributed by atoms with Gasteiger partial charge >= 0.3 is 0 Å². The molecule has 164 valence electrons. The van der Waals surface area contributed by atoms with Crippen LogP contribution in [0.15, 0.2) is 84.1 Å². The van der Waals surface area contributed by atoms with Crippen LogP contribution in [0.3, 0.4) is 0 Å². The molecule has 3 aromatic rings. The number of aromatic nitrogens is 2. The van der Waals surface area contributed by atoms with Gasteiger partial charge in [-0.3, -0.25) is 9.59 Å². The number of benzene rings is 2. The fourth-order valence-corrected chi connectivity index (χ4v) is 2.97. The molecule has 0 fully saturated rings. The highest BCUT2D eigenvalue weighted by Gasteiger charge is 2.16. The van der Waals surface area contributed by atoms with E-state index in [2.05, 4.69) is 15.7 Å². The van der Waals surface area contributed by atoms with Gasteiger partial charge in [0, 0.05) is 17.8 Å². The maximum atomic E-state index is 11.6. The van der Waals surface area contributed by atoms with E-state index in [0.717, 1.165) is 5.69 Å². The predicted octanol–water partition coefficient (Wildman–Crippen LogP) is 1.16. The molecule has 0 spiro atoms. The quantitative estimate of drug-likeness (QED) is 0.192. The first kappa shape index (κ1) is 22.0. The van der Waals surface area contributed by atoms with E-state index in [1.54, 1.807) is 16.8 Å². The Morgan fingerprint density at radius 2 is 1.81 bits per heavy atom. The number of hydrogen-bond donors (Lipinski definition) is 5. The Balaban J connectivity index is 2.02. The third-order valence-corrected chi connectivity index (χ3v) is 4.46. The molecule has 0 saturated heterocycles. The molecule has 1 aromatic heterocycles. The van der Waals surface area contributed by atoms with E-state index in [1.165, 1.54) is 13.2 Å². The van der Waals surface area contributed by atoms with Crippen molar-refractivity contribution in [2.24, 2.45) is 17.2 Å². The minimum Gasteiger partial charge on any atom is -0.494 e. The number of nitrogens with zero attached hydrogens (tertiary/aromatic N) is 2. The number of carbonyl (C=O) groups excluding carboxylic acids is 2. The molecule has 2 aromatic carbocycles. The zero-order valence-corrected chi connectivity index (χ0v) is 17.3. The molecule has 0 bridgehead atoms. The second-order valence-corrected chi connectivity index (χ2v) is 6.55. The highest BCUT2D eigenvalue weighted by molar-refractivity contribution is 5.93. The second-order valence-electron chi connectivity index (χ2n) is 6.55. The van der Waals surface area contributed by atoms with E-state index < -0.39 is 5.91 Å². The SMILES string of the molecule is COc1c(NC(/C=C(\N)NC=O)=C(/N)C(N)=O)cccc1-c1ccn(-c2ccccc2)n1. The molecule has 32 heavy (non-hydrogen) atoms. The molecule has 10 heteroatoms. The van der Waals surface area contributed by atoms with Crippen LogP contribution in [0.2, 0.25) is 0 Å². The number of carbonyl (C=O) groups is 2. The number of rotatable bonds is 9. The summed E-state index contributed by atoms with van der Waals surface area (Å²) in [7, 11) is 1.51. The summed E-state index contributed by atoms with van der Waals surface area (Å²) in [5.74, 6) is -0.446. The van der Waals surface area contributed by atoms with Crippen LogP contribution >= 0.6 is 0 Å². The molecule has 8 N–H and O–H groups in total. The number of methoxy groups -OCH3 is 1. The fourth-order valence-electron chi connectivity index (χ4n) is 2.97. The average molecular weight is 433 g/mol. The molecule has 1 heterocycles. The first-order chi connectivity index (χ1) is 15.4. The largest absolute Gasteiger partial charge is 0.494 e. The van der Waals surface area contributed by atoms with Gasteiger partial charge in [-0.05, 0) is 30.3 Å². The molecular weight excluding hydrogens is 410 g/mol. The first-order valence-electron chi connectivity index (χ1n) is 9.47. The maximum Gasteiger partial charge on any atom is 0.266 e. The molecule has 0 aliphatic heterocycles. The van der Waals surface area contributed by atoms with Crippen molar-refractivity contribution in [3.05, 3.63) is 84.1 Å². The minimum atomic E-state index is -0.862. The van der Waals surface area contributed by atoms with Crippen molar-refractivity contribution >= 4 is 18.0 Å². The summed E-state index contributed by atoms with van der Waals surface area (Å²) in [5, 5.41) is 9.90. The number of nitrogens with two attached hydrogens (primary N) is 3. The van der Waals surface area contributed by atoms with Crippen LogP contribution in [-0.2, 0) is 9.59 Å². The topological polar surface area (TPSA) is 163 Å². The number of anilines is 1.